The number of hydrogen-bond acceptors (Lipinski definition) is 2. The van der Waals surface area contributed by atoms with Crippen molar-refractivity contribution in [3.8, 4) is 0 Å². The SMILES string of the molecule is CC1CC(C(=O)O)CN(C(=O)NC2CCCC(C)(C)C2)C1. The summed E-state index contributed by atoms with van der Waals surface area (Å²) in [6.45, 7) is 7.50. The predicted octanol–water partition coefficient (Wildman–Crippen LogP) is 2.71. The molecule has 0 aromatic heterocycles. The molecule has 1 aliphatic carbocycles. The molecule has 3 unspecified atom stereocenters. The summed E-state index contributed by atoms with van der Waals surface area (Å²) in [4.78, 5) is 25.3. The van der Waals surface area contributed by atoms with E-state index < -0.39 is 11.9 Å². The van der Waals surface area contributed by atoms with Crippen LogP contribution in [0.1, 0.15) is 52.9 Å². The summed E-state index contributed by atoms with van der Waals surface area (Å²) in [5, 5.41) is 12.3. The number of aliphatic carboxylic acids is 1. The van der Waals surface area contributed by atoms with Gasteiger partial charge in [0.1, 0.15) is 0 Å². The van der Waals surface area contributed by atoms with E-state index in [0.717, 1.165) is 19.3 Å². The zero-order valence-corrected chi connectivity index (χ0v) is 13.4. The molecule has 0 aromatic carbocycles. The third kappa shape index (κ3) is 4.35. The quantitative estimate of drug-likeness (QED) is 0.823. The predicted molar refractivity (Wildman–Crippen MR) is 81.0 cm³/mol. The molecule has 120 valence electrons. The second kappa shape index (κ2) is 6.24. The first kappa shape index (κ1) is 16.1. The number of piperidine rings is 1. The smallest absolute Gasteiger partial charge is 0.317 e. The first-order valence-electron chi connectivity index (χ1n) is 8.05. The highest BCUT2D eigenvalue weighted by Gasteiger charge is 2.34. The number of carboxylic acid groups (broad SMARTS) is 1. The molecule has 3 atom stereocenters. The molecule has 1 aliphatic heterocycles. The van der Waals surface area contributed by atoms with Crippen molar-refractivity contribution < 1.29 is 14.7 Å². The van der Waals surface area contributed by atoms with Gasteiger partial charge in [-0.2, -0.15) is 0 Å². The third-order valence-corrected chi connectivity index (χ3v) is 4.83. The molecule has 0 radical (unpaired) electrons. The van der Waals surface area contributed by atoms with Crippen LogP contribution in [0.2, 0.25) is 0 Å². The number of urea groups is 1. The normalized spacial score (nSPS) is 32.5. The standard InChI is InChI=1S/C16H28N2O3/c1-11-7-12(14(19)20)10-18(9-11)15(21)17-13-5-4-6-16(2,3)8-13/h11-13H,4-10H2,1-3H3,(H,17,21)(H,19,20). The summed E-state index contributed by atoms with van der Waals surface area (Å²) in [6, 6.07) is 0.136. The Hall–Kier alpha value is -1.26. The lowest BCUT2D eigenvalue weighted by Gasteiger charge is -2.39. The number of rotatable bonds is 2. The number of carbonyl (C=O) groups is 2. The van der Waals surface area contributed by atoms with Gasteiger partial charge < -0.3 is 15.3 Å². The lowest BCUT2D eigenvalue weighted by atomic mass is 9.75. The van der Waals surface area contributed by atoms with Gasteiger partial charge in [0.15, 0.2) is 0 Å². The molecular weight excluding hydrogens is 268 g/mol. The van der Waals surface area contributed by atoms with E-state index in [-0.39, 0.29) is 23.4 Å². The van der Waals surface area contributed by atoms with Gasteiger partial charge >= 0.3 is 12.0 Å². The fourth-order valence-corrected chi connectivity index (χ4v) is 3.78. The van der Waals surface area contributed by atoms with Gasteiger partial charge in [0.05, 0.1) is 5.92 Å². The number of amides is 2. The van der Waals surface area contributed by atoms with Crippen LogP contribution in [0.3, 0.4) is 0 Å². The Bertz CT molecular complexity index is 408. The van der Waals surface area contributed by atoms with Gasteiger partial charge in [0, 0.05) is 19.1 Å². The molecule has 1 saturated carbocycles. The largest absolute Gasteiger partial charge is 0.481 e. The Balaban J connectivity index is 1.91. The molecule has 0 aromatic rings. The average Bonchev–Trinajstić information content (AvgIpc) is 2.36. The van der Waals surface area contributed by atoms with Gasteiger partial charge in [-0.15, -0.1) is 0 Å². The van der Waals surface area contributed by atoms with Crippen molar-refractivity contribution in [2.75, 3.05) is 13.1 Å². The Labute approximate surface area is 127 Å². The molecule has 2 aliphatic rings. The van der Waals surface area contributed by atoms with Crippen LogP contribution in [0.25, 0.3) is 0 Å². The van der Waals surface area contributed by atoms with Crippen LogP contribution >= 0.6 is 0 Å². The van der Waals surface area contributed by atoms with Crippen molar-refractivity contribution in [2.45, 2.75) is 58.9 Å². The maximum Gasteiger partial charge on any atom is 0.317 e. The van der Waals surface area contributed by atoms with Gasteiger partial charge in [-0.25, -0.2) is 4.79 Å². The van der Waals surface area contributed by atoms with Crippen molar-refractivity contribution in [2.24, 2.45) is 17.3 Å². The number of carbonyl (C=O) groups excluding carboxylic acids is 1. The topological polar surface area (TPSA) is 69.6 Å². The summed E-state index contributed by atoms with van der Waals surface area (Å²) in [5.74, 6) is -0.978. The molecule has 2 amide bonds. The molecule has 0 spiro atoms. The molecule has 1 heterocycles. The number of hydrogen-bond donors (Lipinski definition) is 2. The highest BCUT2D eigenvalue weighted by Crippen LogP contribution is 2.35. The van der Waals surface area contributed by atoms with Crippen LogP contribution in [0.15, 0.2) is 0 Å². The third-order valence-electron chi connectivity index (χ3n) is 4.83. The highest BCUT2D eigenvalue weighted by molar-refractivity contribution is 5.76. The molecular formula is C16H28N2O3. The maximum atomic E-state index is 12.4. The monoisotopic (exact) mass is 296 g/mol. The van der Waals surface area contributed by atoms with Gasteiger partial charge in [0.25, 0.3) is 0 Å². The Kier molecular flexibility index (Phi) is 4.79. The summed E-state index contributed by atoms with van der Waals surface area (Å²) in [6.07, 6.45) is 5.05. The Morgan fingerprint density at radius 1 is 1.29 bits per heavy atom. The van der Waals surface area contributed by atoms with Gasteiger partial charge in [0.2, 0.25) is 0 Å². The van der Waals surface area contributed by atoms with E-state index in [1.165, 1.54) is 6.42 Å². The molecule has 2 fully saturated rings. The van der Waals surface area contributed by atoms with E-state index in [0.29, 0.717) is 19.5 Å². The summed E-state index contributed by atoms with van der Waals surface area (Å²) < 4.78 is 0. The second-order valence-electron chi connectivity index (χ2n) is 7.69. The summed E-state index contributed by atoms with van der Waals surface area (Å²) in [5.41, 5.74) is 0.287. The van der Waals surface area contributed by atoms with Gasteiger partial charge in [-0.05, 0) is 37.0 Å². The van der Waals surface area contributed by atoms with Gasteiger partial charge in [-0.3, -0.25) is 4.79 Å². The number of nitrogens with zero attached hydrogens (tertiary/aromatic N) is 1. The van der Waals surface area contributed by atoms with Crippen LogP contribution in [0, 0.1) is 17.3 Å². The van der Waals surface area contributed by atoms with Crippen LogP contribution in [-0.4, -0.2) is 41.1 Å². The lowest BCUT2D eigenvalue weighted by molar-refractivity contribution is -0.143. The van der Waals surface area contributed by atoms with Gasteiger partial charge in [-0.1, -0.05) is 27.2 Å². The molecule has 2 N–H and O–H groups in total. The van der Waals surface area contributed by atoms with Crippen molar-refractivity contribution in [3.05, 3.63) is 0 Å². The highest BCUT2D eigenvalue weighted by atomic mass is 16.4. The molecule has 5 heteroatoms. The van der Waals surface area contributed by atoms with Crippen molar-refractivity contribution in [1.29, 1.82) is 0 Å². The average molecular weight is 296 g/mol. The van der Waals surface area contributed by atoms with Crippen molar-refractivity contribution >= 4 is 12.0 Å². The van der Waals surface area contributed by atoms with E-state index >= 15 is 0 Å². The Morgan fingerprint density at radius 3 is 2.62 bits per heavy atom. The minimum absolute atomic E-state index is 0.0875. The maximum absolute atomic E-state index is 12.4. The number of likely N-dealkylation sites (tertiary alicyclic amines) is 1. The molecule has 0 bridgehead atoms. The van der Waals surface area contributed by atoms with Crippen LogP contribution in [-0.2, 0) is 4.79 Å². The molecule has 21 heavy (non-hydrogen) atoms. The second-order valence-corrected chi connectivity index (χ2v) is 7.69. The van der Waals surface area contributed by atoms with Crippen molar-refractivity contribution in [3.63, 3.8) is 0 Å². The fourth-order valence-electron chi connectivity index (χ4n) is 3.78. The first-order valence-corrected chi connectivity index (χ1v) is 8.05. The van der Waals surface area contributed by atoms with E-state index in [1.807, 2.05) is 6.92 Å². The minimum atomic E-state index is -0.793. The van der Waals surface area contributed by atoms with Crippen LogP contribution < -0.4 is 5.32 Å². The van der Waals surface area contributed by atoms with Crippen LogP contribution in [0.5, 0.6) is 0 Å². The number of nitrogens with one attached hydrogen (secondary N) is 1. The van der Waals surface area contributed by atoms with Crippen molar-refractivity contribution in [1.82, 2.24) is 10.2 Å². The fraction of sp³-hybridized carbons (Fsp3) is 0.875. The summed E-state index contributed by atoms with van der Waals surface area (Å²) >= 11 is 0. The molecule has 2 rings (SSSR count). The minimum Gasteiger partial charge on any atom is -0.481 e. The van der Waals surface area contributed by atoms with E-state index in [2.05, 4.69) is 19.2 Å². The Morgan fingerprint density at radius 2 is 2.00 bits per heavy atom. The van der Waals surface area contributed by atoms with E-state index in [1.54, 1.807) is 4.90 Å². The zero-order chi connectivity index (χ0) is 15.6. The summed E-state index contributed by atoms with van der Waals surface area (Å²) in [7, 11) is 0. The molecule has 1 saturated heterocycles. The number of carboxylic acids is 1. The molecule has 5 nitrogen and oxygen atoms in total. The zero-order valence-electron chi connectivity index (χ0n) is 13.4. The first-order chi connectivity index (χ1) is 9.77. The van der Waals surface area contributed by atoms with E-state index in [4.69, 9.17) is 0 Å². The van der Waals surface area contributed by atoms with E-state index in [9.17, 15) is 14.7 Å². The lowest BCUT2D eigenvalue weighted by Crippen LogP contribution is -2.52. The van der Waals surface area contributed by atoms with Crippen LogP contribution in [0.4, 0.5) is 4.79 Å².